The molecule has 0 spiro atoms. The van der Waals surface area contributed by atoms with Crippen molar-refractivity contribution in [2.24, 2.45) is 0 Å². The maximum absolute atomic E-state index is 11.8. The van der Waals surface area contributed by atoms with Crippen molar-refractivity contribution in [3.05, 3.63) is 16.7 Å². The lowest BCUT2D eigenvalue weighted by molar-refractivity contribution is -0.0956. The molecule has 1 saturated heterocycles. The average Bonchev–Trinajstić information content (AvgIpc) is 2.94. The van der Waals surface area contributed by atoms with Crippen LogP contribution in [0, 0.1) is 0 Å². The summed E-state index contributed by atoms with van der Waals surface area (Å²) in [5.74, 6) is -0.0779. The number of aromatic amines is 1. The number of hydrogen-bond acceptors (Lipinski definition) is 8. The van der Waals surface area contributed by atoms with E-state index in [1.807, 2.05) is 0 Å². The number of anilines is 1. The first-order valence-electron chi connectivity index (χ1n) is 6.63. The Morgan fingerprint density at radius 3 is 3.05 bits per heavy atom. The maximum Gasteiger partial charge on any atom is 0.280 e. The van der Waals surface area contributed by atoms with Gasteiger partial charge in [-0.05, 0) is 6.92 Å². The largest absolute Gasteiger partial charge is 0.387 e. The minimum absolute atomic E-state index is 0.0679. The van der Waals surface area contributed by atoms with Gasteiger partial charge in [0.25, 0.3) is 5.56 Å². The number of nitrogens with zero attached hydrogens (tertiary/aromatic N) is 3. The molecule has 0 aromatic carbocycles. The van der Waals surface area contributed by atoms with Crippen molar-refractivity contribution < 1.29 is 19.7 Å². The van der Waals surface area contributed by atoms with Gasteiger partial charge < -0.3 is 25.4 Å². The monoisotopic (exact) mass is 311 g/mol. The normalized spacial score (nSPS) is 31.9. The number of methoxy groups -OCH3 is 1. The molecule has 0 bridgehead atoms. The van der Waals surface area contributed by atoms with Crippen LogP contribution in [0.4, 0.5) is 5.95 Å². The highest BCUT2D eigenvalue weighted by Gasteiger charge is 2.53. The second-order valence-electron chi connectivity index (χ2n) is 5.43. The third kappa shape index (κ3) is 2.08. The highest BCUT2D eigenvalue weighted by atomic mass is 16.6. The van der Waals surface area contributed by atoms with E-state index in [9.17, 15) is 15.0 Å². The smallest absolute Gasteiger partial charge is 0.280 e. The van der Waals surface area contributed by atoms with Gasteiger partial charge in [-0.2, -0.15) is 4.98 Å². The van der Waals surface area contributed by atoms with Gasteiger partial charge in [0, 0.05) is 7.11 Å². The molecular formula is C12H17N5O5. The van der Waals surface area contributed by atoms with Crippen LogP contribution < -0.4 is 11.3 Å². The Bertz CT molecular complexity index is 754. The number of aliphatic hydroxyl groups excluding tert-OH is 1. The van der Waals surface area contributed by atoms with E-state index in [2.05, 4.69) is 15.0 Å². The van der Waals surface area contributed by atoms with Gasteiger partial charge >= 0.3 is 0 Å². The number of nitrogens with two attached hydrogens (primary N) is 1. The number of nitrogens with one attached hydrogen (secondary N) is 1. The second kappa shape index (κ2) is 5.02. The Labute approximate surface area is 124 Å². The fourth-order valence-corrected chi connectivity index (χ4v) is 2.66. The summed E-state index contributed by atoms with van der Waals surface area (Å²) < 4.78 is 12.0. The van der Waals surface area contributed by atoms with Crippen molar-refractivity contribution in [1.29, 1.82) is 0 Å². The van der Waals surface area contributed by atoms with Crippen LogP contribution in [0.5, 0.6) is 0 Å². The molecule has 1 unspecified atom stereocenters. The zero-order valence-corrected chi connectivity index (χ0v) is 12.1. The van der Waals surface area contributed by atoms with Crippen molar-refractivity contribution in [3.63, 3.8) is 0 Å². The Hall–Kier alpha value is -2.01. The van der Waals surface area contributed by atoms with Crippen LogP contribution in [0.25, 0.3) is 11.2 Å². The van der Waals surface area contributed by atoms with Gasteiger partial charge in [0.15, 0.2) is 17.4 Å². The summed E-state index contributed by atoms with van der Waals surface area (Å²) in [6, 6.07) is 0. The van der Waals surface area contributed by atoms with E-state index in [1.54, 1.807) is 0 Å². The summed E-state index contributed by atoms with van der Waals surface area (Å²) >= 11 is 0. The first-order chi connectivity index (χ1) is 10.4. The predicted molar refractivity (Wildman–Crippen MR) is 75.0 cm³/mol. The molecule has 10 nitrogen and oxygen atoms in total. The quantitative estimate of drug-likeness (QED) is 0.527. The minimum Gasteiger partial charge on any atom is -0.387 e. The van der Waals surface area contributed by atoms with Gasteiger partial charge in [-0.3, -0.25) is 14.3 Å². The van der Waals surface area contributed by atoms with E-state index < -0.39 is 29.6 Å². The number of H-pyrrole nitrogens is 1. The molecule has 120 valence electrons. The third-order valence-electron chi connectivity index (χ3n) is 3.79. The van der Waals surface area contributed by atoms with E-state index in [1.165, 1.54) is 24.9 Å². The molecule has 3 heterocycles. The third-order valence-corrected chi connectivity index (χ3v) is 3.79. The van der Waals surface area contributed by atoms with Gasteiger partial charge in [0.2, 0.25) is 5.95 Å². The van der Waals surface area contributed by atoms with Crippen LogP contribution in [0.1, 0.15) is 13.2 Å². The van der Waals surface area contributed by atoms with Crippen molar-refractivity contribution in [2.75, 3.05) is 19.5 Å². The Kier molecular flexibility index (Phi) is 3.40. The lowest BCUT2D eigenvalue weighted by atomic mass is 9.96. The minimum atomic E-state index is -1.62. The van der Waals surface area contributed by atoms with Crippen LogP contribution in [0.15, 0.2) is 11.1 Å². The van der Waals surface area contributed by atoms with E-state index in [-0.39, 0.29) is 23.7 Å². The van der Waals surface area contributed by atoms with Gasteiger partial charge in [-0.1, -0.05) is 0 Å². The molecule has 2 aromatic heterocycles. The number of aromatic nitrogens is 4. The molecule has 3 rings (SSSR count). The Balaban J connectivity index is 2.09. The highest BCUT2D eigenvalue weighted by Crippen LogP contribution is 2.39. The van der Waals surface area contributed by atoms with Gasteiger partial charge in [0.1, 0.15) is 17.8 Å². The molecule has 22 heavy (non-hydrogen) atoms. The Morgan fingerprint density at radius 1 is 1.64 bits per heavy atom. The summed E-state index contributed by atoms with van der Waals surface area (Å²) in [6.07, 6.45) is -1.56. The van der Waals surface area contributed by atoms with E-state index in [4.69, 9.17) is 15.2 Å². The molecule has 1 aliphatic heterocycles. The van der Waals surface area contributed by atoms with Crippen LogP contribution in [-0.4, -0.2) is 61.3 Å². The zero-order chi connectivity index (χ0) is 16.1. The van der Waals surface area contributed by atoms with Crippen molar-refractivity contribution in [2.45, 2.75) is 31.0 Å². The van der Waals surface area contributed by atoms with E-state index in [0.717, 1.165) is 0 Å². The average molecular weight is 311 g/mol. The first-order valence-corrected chi connectivity index (χ1v) is 6.63. The van der Waals surface area contributed by atoms with E-state index in [0.29, 0.717) is 0 Å². The summed E-state index contributed by atoms with van der Waals surface area (Å²) in [5.41, 5.74) is 3.66. The number of rotatable bonds is 3. The molecule has 2 aromatic rings. The fourth-order valence-electron chi connectivity index (χ4n) is 2.66. The van der Waals surface area contributed by atoms with Crippen molar-refractivity contribution in [3.8, 4) is 0 Å². The number of fused-ring (bicyclic) bond motifs is 1. The van der Waals surface area contributed by atoms with Gasteiger partial charge in [-0.25, -0.2) is 4.98 Å². The number of aliphatic hydroxyl groups is 2. The maximum atomic E-state index is 11.8. The topological polar surface area (TPSA) is 149 Å². The molecule has 10 heteroatoms. The highest BCUT2D eigenvalue weighted by molar-refractivity contribution is 5.70. The van der Waals surface area contributed by atoms with Gasteiger partial charge in [0.05, 0.1) is 12.9 Å². The van der Waals surface area contributed by atoms with Crippen LogP contribution in [-0.2, 0) is 9.47 Å². The van der Waals surface area contributed by atoms with Crippen molar-refractivity contribution in [1.82, 2.24) is 19.5 Å². The SMILES string of the molecule is COC[C@H]1OC(n2cnc3c(=O)[nH]c(N)nc32)[C@](C)(O)[C@@H]1O. The summed E-state index contributed by atoms with van der Waals surface area (Å²) in [6.45, 7) is 1.54. The molecule has 0 amide bonds. The lowest BCUT2D eigenvalue weighted by Crippen LogP contribution is -2.44. The van der Waals surface area contributed by atoms with Gasteiger partial charge in [-0.15, -0.1) is 0 Å². The van der Waals surface area contributed by atoms with E-state index >= 15 is 0 Å². The molecule has 4 atom stereocenters. The second-order valence-corrected chi connectivity index (χ2v) is 5.43. The molecule has 1 aliphatic rings. The molecule has 1 fully saturated rings. The van der Waals surface area contributed by atoms with Crippen molar-refractivity contribution >= 4 is 17.1 Å². The molecule has 5 N–H and O–H groups in total. The summed E-state index contributed by atoms with van der Waals surface area (Å²) in [4.78, 5) is 22.1. The van der Waals surface area contributed by atoms with Crippen LogP contribution in [0.3, 0.4) is 0 Å². The summed E-state index contributed by atoms with van der Waals surface area (Å²) in [7, 11) is 1.46. The fraction of sp³-hybridized carbons (Fsp3) is 0.583. The zero-order valence-electron chi connectivity index (χ0n) is 12.1. The number of ether oxygens (including phenoxy) is 2. The van der Waals surface area contributed by atoms with Crippen LogP contribution in [0.2, 0.25) is 0 Å². The first kappa shape index (κ1) is 14.9. The predicted octanol–water partition coefficient (Wildman–Crippen LogP) is -1.64. The molecule has 0 saturated carbocycles. The molecule has 0 aliphatic carbocycles. The lowest BCUT2D eigenvalue weighted by Gasteiger charge is -2.27. The number of nitrogen functional groups attached to an aromatic ring is 1. The summed E-state index contributed by atoms with van der Waals surface area (Å²) in [5, 5.41) is 20.8. The molecular weight excluding hydrogens is 294 g/mol. The van der Waals surface area contributed by atoms with Crippen LogP contribution >= 0.6 is 0 Å². The molecule has 0 radical (unpaired) electrons. The number of hydrogen-bond donors (Lipinski definition) is 4. The Morgan fingerprint density at radius 2 is 2.36 bits per heavy atom. The number of imidazole rings is 1. The standard InChI is InChI=1S/C12H17N5O5/c1-12(20)7(18)5(3-21-2)22-10(12)17-4-14-6-8(17)15-11(13)16-9(6)19/h4-5,7,10,18,20H,3H2,1-2H3,(H3,13,15,16,19)/t5-,7-,10?,12-/m1/s1.